The van der Waals surface area contributed by atoms with E-state index in [9.17, 15) is 9.59 Å². The van der Waals surface area contributed by atoms with Crippen molar-refractivity contribution in [1.29, 1.82) is 0 Å². The van der Waals surface area contributed by atoms with Gasteiger partial charge < -0.3 is 19.3 Å². The molecule has 0 aliphatic carbocycles. The molecule has 7 nitrogen and oxygen atoms in total. The first-order valence-electron chi connectivity index (χ1n) is 5.93. The maximum Gasteiger partial charge on any atom is 0.311 e. The number of rotatable bonds is 4. The molecule has 0 aromatic carbocycles. The van der Waals surface area contributed by atoms with Crippen molar-refractivity contribution in [2.45, 2.75) is 20.0 Å². The number of carboxylic acids is 1. The van der Waals surface area contributed by atoms with Gasteiger partial charge in [-0.1, -0.05) is 5.16 Å². The largest absolute Gasteiger partial charge is 0.481 e. The summed E-state index contributed by atoms with van der Waals surface area (Å²) in [4.78, 5) is 24.8. The molecule has 1 N–H and O–H groups in total. The highest BCUT2D eigenvalue weighted by Crippen LogP contribution is 2.30. The minimum atomic E-state index is -0.886. The summed E-state index contributed by atoms with van der Waals surface area (Å²) in [6, 6.07) is 1.52. The summed E-state index contributed by atoms with van der Waals surface area (Å²) in [6.07, 6.45) is 0.441. The number of hydrogen-bond acceptors (Lipinski definition) is 5. The molecule has 1 atom stereocenters. The molecule has 1 aliphatic heterocycles. The zero-order valence-electron chi connectivity index (χ0n) is 10.9. The van der Waals surface area contributed by atoms with E-state index in [1.54, 1.807) is 6.92 Å². The van der Waals surface area contributed by atoms with Gasteiger partial charge in [-0.05, 0) is 13.3 Å². The van der Waals surface area contributed by atoms with Gasteiger partial charge >= 0.3 is 5.97 Å². The molecule has 0 radical (unpaired) electrons. The highest BCUT2D eigenvalue weighted by molar-refractivity contribution is 5.93. The van der Waals surface area contributed by atoms with Crippen molar-refractivity contribution in [1.82, 2.24) is 10.1 Å². The van der Waals surface area contributed by atoms with Gasteiger partial charge in [0, 0.05) is 26.3 Å². The molecule has 2 heterocycles. The second-order valence-electron chi connectivity index (χ2n) is 4.95. The SMILES string of the molecule is COCc1cc(C(=O)N2CCC(C)(C(=O)O)C2)no1. The average molecular weight is 268 g/mol. The first-order chi connectivity index (χ1) is 8.96. The number of aromatic nitrogens is 1. The molecule has 1 fully saturated rings. The highest BCUT2D eigenvalue weighted by Gasteiger charge is 2.42. The molecular formula is C12H16N2O5. The molecule has 104 valence electrons. The van der Waals surface area contributed by atoms with Crippen LogP contribution in [0, 0.1) is 5.41 Å². The summed E-state index contributed by atoms with van der Waals surface area (Å²) in [6.45, 7) is 2.48. The van der Waals surface area contributed by atoms with E-state index in [2.05, 4.69) is 5.16 Å². The predicted octanol–water partition coefficient (Wildman–Crippen LogP) is 0.758. The van der Waals surface area contributed by atoms with Crippen LogP contribution in [0.3, 0.4) is 0 Å². The molecule has 1 aromatic heterocycles. The topological polar surface area (TPSA) is 92.9 Å². The maximum atomic E-state index is 12.1. The minimum absolute atomic E-state index is 0.182. The Morgan fingerprint density at radius 1 is 1.63 bits per heavy atom. The van der Waals surface area contributed by atoms with E-state index in [0.29, 0.717) is 18.7 Å². The lowest BCUT2D eigenvalue weighted by Crippen LogP contribution is -2.35. The first-order valence-corrected chi connectivity index (χ1v) is 5.93. The predicted molar refractivity (Wildman–Crippen MR) is 63.5 cm³/mol. The Kier molecular flexibility index (Phi) is 3.57. The molecule has 2 rings (SSSR count). The van der Waals surface area contributed by atoms with Crippen molar-refractivity contribution in [2.24, 2.45) is 5.41 Å². The van der Waals surface area contributed by atoms with Crippen LogP contribution in [0.15, 0.2) is 10.6 Å². The number of methoxy groups -OCH3 is 1. The third-order valence-electron chi connectivity index (χ3n) is 3.34. The van der Waals surface area contributed by atoms with Crippen molar-refractivity contribution in [3.05, 3.63) is 17.5 Å². The second-order valence-corrected chi connectivity index (χ2v) is 4.95. The van der Waals surface area contributed by atoms with Gasteiger partial charge in [0.25, 0.3) is 5.91 Å². The molecule has 1 saturated heterocycles. The summed E-state index contributed by atoms with van der Waals surface area (Å²) < 4.78 is 9.82. The average Bonchev–Trinajstić information content (AvgIpc) is 2.97. The number of carboxylic acid groups (broad SMARTS) is 1. The van der Waals surface area contributed by atoms with Crippen LogP contribution in [-0.4, -0.2) is 47.2 Å². The standard InChI is InChI=1S/C12H16N2O5/c1-12(11(16)17)3-4-14(7-12)10(15)9-5-8(6-18-2)19-13-9/h5H,3-4,6-7H2,1-2H3,(H,16,17). The number of nitrogens with zero attached hydrogens (tertiary/aromatic N) is 2. The third kappa shape index (κ3) is 2.60. The minimum Gasteiger partial charge on any atom is -0.481 e. The van der Waals surface area contributed by atoms with Crippen LogP contribution >= 0.6 is 0 Å². The fraction of sp³-hybridized carbons (Fsp3) is 0.583. The summed E-state index contributed by atoms with van der Waals surface area (Å²) in [7, 11) is 1.52. The molecular weight excluding hydrogens is 252 g/mol. The summed E-state index contributed by atoms with van der Waals surface area (Å²) >= 11 is 0. The van der Waals surface area contributed by atoms with E-state index in [1.807, 2.05) is 0 Å². The van der Waals surface area contributed by atoms with Crippen LogP contribution in [0.4, 0.5) is 0 Å². The van der Waals surface area contributed by atoms with Crippen molar-refractivity contribution < 1.29 is 24.0 Å². The van der Waals surface area contributed by atoms with Gasteiger partial charge in [-0.25, -0.2) is 0 Å². The van der Waals surface area contributed by atoms with Gasteiger partial charge in [0.15, 0.2) is 11.5 Å². The van der Waals surface area contributed by atoms with Crippen LogP contribution in [-0.2, 0) is 16.1 Å². The number of hydrogen-bond donors (Lipinski definition) is 1. The van der Waals surface area contributed by atoms with Crippen molar-refractivity contribution in [3.8, 4) is 0 Å². The molecule has 1 aliphatic rings. The van der Waals surface area contributed by atoms with E-state index in [0.717, 1.165) is 0 Å². The van der Waals surface area contributed by atoms with Crippen molar-refractivity contribution >= 4 is 11.9 Å². The number of carbonyl (C=O) groups is 2. The Morgan fingerprint density at radius 3 is 2.95 bits per heavy atom. The Morgan fingerprint density at radius 2 is 2.37 bits per heavy atom. The lowest BCUT2D eigenvalue weighted by Gasteiger charge is -2.19. The Hall–Kier alpha value is -1.89. The third-order valence-corrected chi connectivity index (χ3v) is 3.34. The molecule has 0 bridgehead atoms. The van der Waals surface area contributed by atoms with Gasteiger partial charge in [-0.3, -0.25) is 9.59 Å². The van der Waals surface area contributed by atoms with E-state index < -0.39 is 11.4 Å². The Labute approximate surface area is 110 Å². The number of aliphatic carboxylic acids is 1. The zero-order valence-corrected chi connectivity index (χ0v) is 10.9. The lowest BCUT2D eigenvalue weighted by atomic mass is 9.90. The number of amides is 1. The van der Waals surface area contributed by atoms with Gasteiger partial charge in [0.05, 0.1) is 5.41 Å². The fourth-order valence-electron chi connectivity index (χ4n) is 2.10. The van der Waals surface area contributed by atoms with Gasteiger partial charge in [-0.15, -0.1) is 0 Å². The normalized spacial score (nSPS) is 22.7. The summed E-state index contributed by atoms with van der Waals surface area (Å²) in [5.74, 6) is -0.731. The van der Waals surface area contributed by atoms with Crippen LogP contribution in [0.25, 0.3) is 0 Å². The molecule has 7 heteroatoms. The number of carbonyl (C=O) groups excluding carboxylic acids is 1. The molecule has 1 aromatic rings. The quantitative estimate of drug-likeness (QED) is 0.866. The molecule has 1 amide bonds. The number of ether oxygens (including phenoxy) is 1. The molecule has 1 unspecified atom stereocenters. The van der Waals surface area contributed by atoms with Crippen LogP contribution in [0.1, 0.15) is 29.6 Å². The van der Waals surface area contributed by atoms with Gasteiger partial charge in [-0.2, -0.15) is 0 Å². The fourth-order valence-corrected chi connectivity index (χ4v) is 2.10. The zero-order chi connectivity index (χ0) is 14.0. The van der Waals surface area contributed by atoms with Crippen LogP contribution < -0.4 is 0 Å². The lowest BCUT2D eigenvalue weighted by molar-refractivity contribution is -0.147. The Balaban J connectivity index is 2.06. The molecule has 19 heavy (non-hydrogen) atoms. The number of likely N-dealkylation sites (tertiary alicyclic amines) is 1. The van der Waals surface area contributed by atoms with E-state index in [-0.39, 0.29) is 24.8 Å². The van der Waals surface area contributed by atoms with E-state index >= 15 is 0 Å². The van der Waals surface area contributed by atoms with Gasteiger partial charge in [0.1, 0.15) is 6.61 Å². The maximum absolute atomic E-state index is 12.1. The van der Waals surface area contributed by atoms with Crippen molar-refractivity contribution in [3.63, 3.8) is 0 Å². The summed E-state index contributed by atoms with van der Waals surface area (Å²) in [5.41, 5.74) is -0.698. The molecule has 0 saturated carbocycles. The molecule has 0 spiro atoms. The van der Waals surface area contributed by atoms with E-state index in [1.165, 1.54) is 18.1 Å². The second kappa shape index (κ2) is 5.00. The van der Waals surface area contributed by atoms with E-state index in [4.69, 9.17) is 14.4 Å². The Bertz CT molecular complexity index is 498. The highest BCUT2D eigenvalue weighted by atomic mass is 16.5. The summed E-state index contributed by atoms with van der Waals surface area (Å²) in [5, 5.41) is 12.8. The van der Waals surface area contributed by atoms with Crippen LogP contribution in [0.2, 0.25) is 0 Å². The first kappa shape index (κ1) is 13.5. The van der Waals surface area contributed by atoms with Crippen molar-refractivity contribution in [2.75, 3.05) is 20.2 Å². The van der Waals surface area contributed by atoms with Crippen LogP contribution in [0.5, 0.6) is 0 Å². The van der Waals surface area contributed by atoms with Gasteiger partial charge in [0.2, 0.25) is 0 Å². The smallest absolute Gasteiger partial charge is 0.311 e. The monoisotopic (exact) mass is 268 g/mol.